The fourth-order valence-electron chi connectivity index (χ4n) is 2.60. The largest absolute Gasteiger partial charge is 0.427 e. The quantitative estimate of drug-likeness (QED) is 0.689. The summed E-state index contributed by atoms with van der Waals surface area (Å²) in [6.45, 7) is 2.16. The average molecular weight is 299 g/mol. The summed E-state index contributed by atoms with van der Waals surface area (Å²) < 4.78 is 6.92. The number of amides is 1. The number of carbonyl (C=O) groups is 2. The van der Waals surface area contributed by atoms with Crippen LogP contribution in [0.25, 0.3) is 0 Å². The summed E-state index contributed by atoms with van der Waals surface area (Å²) in [5.41, 5.74) is 1.69. The number of fused-ring (bicyclic) bond motifs is 1. The van der Waals surface area contributed by atoms with E-state index in [0.29, 0.717) is 11.3 Å². The molecule has 3 rings (SSSR count). The Bertz CT molecular complexity index is 691. The number of rotatable bonds is 3. The van der Waals surface area contributed by atoms with Gasteiger partial charge in [-0.25, -0.2) is 0 Å². The number of nitrogens with one attached hydrogen (secondary N) is 1. The van der Waals surface area contributed by atoms with Crippen molar-refractivity contribution in [1.82, 2.24) is 15.1 Å². The summed E-state index contributed by atoms with van der Waals surface area (Å²) in [6.07, 6.45) is 3.44. The zero-order chi connectivity index (χ0) is 15.5. The molecule has 22 heavy (non-hydrogen) atoms. The van der Waals surface area contributed by atoms with E-state index in [-0.39, 0.29) is 17.9 Å². The summed E-state index contributed by atoms with van der Waals surface area (Å²) in [7, 11) is 0. The maximum absolute atomic E-state index is 12.3. The van der Waals surface area contributed by atoms with E-state index < -0.39 is 0 Å². The van der Waals surface area contributed by atoms with Crippen molar-refractivity contribution in [3.05, 3.63) is 47.8 Å². The summed E-state index contributed by atoms with van der Waals surface area (Å²) >= 11 is 0. The van der Waals surface area contributed by atoms with E-state index in [9.17, 15) is 9.59 Å². The number of benzene rings is 1. The first kappa shape index (κ1) is 14.3. The molecular weight excluding hydrogens is 282 g/mol. The van der Waals surface area contributed by atoms with Crippen LogP contribution in [-0.2, 0) is 17.8 Å². The molecule has 1 aliphatic rings. The van der Waals surface area contributed by atoms with Crippen molar-refractivity contribution in [2.75, 3.05) is 0 Å². The minimum atomic E-state index is -0.379. The Morgan fingerprint density at radius 3 is 2.77 bits per heavy atom. The summed E-state index contributed by atoms with van der Waals surface area (Å²) in [5, 5.41) is 7.26. The number of hydrogen-bond acceptors (Lipinski definition) is 4. The third-order valence-electron chi connectivity index (χ3n) is 3.66. The van der Waals surface area contributed by atoms with E-state index in [0.717, 1.165) is 25.1 Å². The van der Waals surface area contributed by atoms with Crippen molar-refractivity contribution < 1.29 is 14.3 Å². The van der Waals surface area contributed by atoms with E-state index in [1.807, 2.05) is 10.7 Å². The van der Waals surface area contributed by atoms with Gasteiger partial charge in [-0.15, -0.1) is 0 Å². The van der Waals surface area contributed by atoms with E-state index in [1.54, 1.807) is 30.5 Å². The molecule has 0 saturated carbocycles. The molecule has 2 aromatic rings. The van der Waals surface area contributed by atoms with Crippen LogP contribution in [-0.4, -0.2) is 27.7 Å². The Hall–Kier alpha value is -2.63. The number of esters is 1. The average Bonchev–Trinajstić information content (AvgIpc) is 2.95. The van der Waals surface area contributed by atoms with Gasteiger partial charge in [0.05, 0.1) is 0 Å². The van der Waals surface area contributed by atoms with Crippen LogP contribution in [0.5, 0.6) is 5.75 Å². The number of carbonyl (C=O) groups excluding carboxylic acids is 2. The molecule has 114 valence electrons. The molecule has 0 radical (unpaired) electrons. The highest BCUT2D eigenvalue weighted by Crippen LogP contribution is 2.16. The van der Waals surface area contributed by atoms with Crippen LogP contribution >= 0.6 is 0 Å². The molecule has 1 N–H and O–H groups in total. The highest BCUT2D eigenvalue weighted by Gasteiger charge is 2.20. The van der Waals surface area contributed by atoms with Crippen molar-refractivity contribution >= 4 is 11.9 Å². The lowest BCUT2D eigenvalue weighted by Gasteiger charge is -2.24. The van der Waals surface area contributed by atoms with Crippen molar-refractivity contribution in [3.8, 4) is 5.75 Å². The lowest BCUT2D eigenvalue weighted by Crippen LogP contribution is -2.40. The van der Waals surface area contributed by atoms with Crippen molar-refractivity contribution in [2.45, 2.75) is 32.4 Å². The second kappa shape index (κ2) is 6.01. The van der Waals surface area contributed by atoms with Crippen LogP contribution in [0, 0.1) is 0 Å². The predicted molar refractivity (Wildman–Crippen MR) is 79.6 cm³/mol. The van der Waals surface area contributed by atoms with Crippen molar-refractivity contribution in [3.63, 3.8) is 0 Å². The van der Waals surface area contributed by atoms with Gasteiger partial charge in [-0.3, -0.25) is 14.3 Å². The van der Waals surface area contributed by atoms with E-state index in [1.165, 1.54) is 6.92 Å². The van der Waals surface area contributed by atoms with Crippen LogP contribution in [0.3, 0.4) is 0 Å². The van der Waals surface area contributed by atoms with Gasteiger partial charge in [-0.05, 0) is 36.8 Å². The van der Waals surface area contributed by atoms with Crippen LogP contribution in [0.4, 0.5) is 0 Å². The SMILES string of the molecule is CC(=O)Oc1ccc(C(=O)N[C@H]2CCn3nccc3C2)cc1. The predicted octanol–water partition coefficient (Wildman–Crippen LogP) is 1.55. The van der Waals surface area contributed by atoms with Crippen LogP contribution in [0.2, 0.25) is 0 Å². The molecule has 0 unspecified atom stereocenters. The van der Waals surface area contributed by atoms with Crippen LogP contribution in [0.1, 0.15) is 29.4 Å². The fraction of sp³-hybridized carbons (Fsp3) is 0.312. The molecule has 0 fully saturated rings. The summed E-state index contributed by atoms with van der Waals surface area (Å²) in [4.78, 5) is 23.1. The fourth-order valence-corrected chi connectivity index (χ4v) is 2.60. The number of aryl methyl sites for hydroxylation is 1. The van der Waals surface area contributed by atoms with E-state index >= 15 is 0 Å². The third kappa shape index (κ3) is 3.16. The van der Waals surface area contributed by atoms with Gasteiger partial charge in [0, 0.05) is 43.4 Å². The minimum Gasteiger partial charge on any atom is -0.427 e. The van der Waals surface area contributed by atoms with Gasteiger partial charge in [-0.2, -0.15) is 5.10 Å². The highest BCUT2D eigenvalue weighted by atomic mass is 16.5. The second-order valence-corrected chi connectivity index (χ2v) is 5.33. The van der Waals surface area contributed by atoms with Gasteiger partial charge in [0.15, 0.2) is 0 Å². The topological polar surface area (TPSA) is 73.2 Å². The third-order valence-corrected chi connectivity index (χ3v) is 3.66. The maximum Gasteiger partial charge on any atom is 0.308 e. The monoisotopic (exact) mass is 299 g/mol. The number of nitrogens with zero attached hydrogens (tertiary/aromatic N) is 2. The normalized spacial score (nSPS) is 16.7. The molecule has 0 saturated heterocycles. The number of hydrogen-bond donors (Lipinski definition) is 1. The zero-order valence-electron chi connectivity index (χ0n) is 12.3. The van der Waals surface area contributed by atoms with E-state index in [2.05, 4.69) is 10.4 Å². The molecule has 0 bridgehead atoms. The standard InChI is InChI=1S/C16H17N3O3/c1-11(20)22-15-4-2-12(3-5-15)16(21)18-13-7-9-19-14(10-13)6-8-17-19/h2-6,8,13H,7,9-10H2,1H3,(H,18,21)/t13-/m0/s1. The van der Waals surface area contributed by atoms with Crippen molar-refractivity contribution in [1.29, 1.82) is 0 Å². The van der Waals surface area contributed by atoms with Gasteiger partial charge in [0.1, 0.15) is 5.75 Å². The summed E-state index contributed by atoms with van der Waals surface area (Å²) in [6, 6.07) is 8.64. The molecule has 6 nitrogen and oxygen atoms in total. The van der Waals surface area contributed by atoms with Gasteiger partial charge >= 0.3 is 5.97 Å². The molecule has 1 amide bonds. The molecule has 1 aliphatic heterocycles. The highest BCUT2D eigenvalue weighted by molar-refractivity contribution is 5.94. The molecule has 6 heteroatoms. The maximum atomic E-state index is 12.3. The van der Waals surface area contributed by atoms with Crippen molar-refractivity contribution in [2.24, 2.45) is 0 Å². The Morgan fingerprint density at radius 2 is 2.05 bits per heavy atom. The lowest BCUT2D eigenvalue weighted by molar-refractivity contribution is -0.131. The first-order chi connectivity index (χ1) is 10.6. The first-order valence-corrected chi connectivity index (χ1v) is 7.22. The first-order valence-electron chi connectivity index (χ1n) is 7.22. The van der Waals surface area contributed by atoms with Crippen LogP contribution in [0.15, 0.2) is 36.5 Å². The molecule has 0 aliphatic carbocycles. The number of ether oxygens (including phenoxy) is 1. The van der Waals surface area contributed by atoms with Gasteiger partial charge < -0.3 is 10.1 Å². The smallest absolute Gasteiger partial charge is 0.308 e. The Labute approximate surface area is 128 Å². The molecule has 1 atom stereocenters. The molecule has 0 spiro atoms. The minimum absolute atomic E-state index is 0.116. The Morgan fingerprint density at radius 1 is 1.27 bits per heavy atom. The van der Waals surface area contributed by atoms with Gasteiger partial charge in [0.25, 0.3) is 5.91 Å². The summed E-state index contributed by atoms with van der Waals surface area (Å²) in [5.74, 6) is -0.0611. The molecular formula is C16H17N3O3. The molecule has 1 aromatic heterocycles. The van der Waals surface area contributed by atoms with Gasteiger partial charge in [-0.1, -0.05) is 0 Å². The Balaban J connectivity index is 1.61. The zero-order valence-corrected chi connectivity index (χ0v) is 12.3. The lowest BCUT2D eigenvalue weighted by atomic mass is 10.0. The Kier molecular flexibility index (Phi) is 3.91. The molecule has 2 heterocycles. The number of aromatic nitrogens is 2. The molecule has 1 aromatic carbocycles. The van der Waals surface area contributed by atoms with Crippen LogP contribution < -0.4 is 10.1 Å². The van der Waals surface area contributed by atoms with E-state index in [4.69, 9.17) is 4.74 Å². The van der Waals surface area contributed by atoms with Gasteiger partial charge in [0.2, 0.25) is 0 Å². The second-order valence-electron chi connectivity index (χ2n) is 5.33.